The predicted molar refractivity (Wildman–Crippen MR) is 100 cm³/mol. The summed E-state index contributed by atoms with van der Waals surface area (Å²) < 4.78 is 32.0. The number of carbonyl (C=O) groups excluding carboxylic acids is 1. The molecule has 2 aromatic carbocycles. The summed E-state index contributed by atoms with van der Waals surface area (Å²) in [5.74, 6) is -0.758. The molecule has 0 unspecified atom stereocenters. The fraction of sp³-hybridized carbons (Fsp3) is 0.235. The summed E-state index contributed by atoms with van der Waals surface area (Å²) in [4.78, 5) is 22.0. The van der Waals surface area contributed by atoms with Crippen molar-refractivity contribution >= 4 is 39.0 Å². The minimum absolute atomic E-state index is 0.0814. The van der Waals surface area contributed by atoms with Gasteiger partial charge < -0.3 is 4.74 Å². The lowest BCUT2D eigenvalue weighted by Crippen LogP contribution is -2.37. The molecule has 0 amide bonds. The van der Waals surface area contributed by atoms with Crippen molar-refractivity contribution in [3.63, 3.8) is 0 Å². The third-order valence-electron chi connectivity index (χ3n) is 3.70. The highest BCUT2D eigenvalue weighted by atomic mass is 35.5. The summed E-state index contributed by atoms with van der Waals surface area (Å²) in [6.45, 7) is 2.69. The Bertz CT molecular complexity index is 977. The van der Waals surface area contributed by atoms with Gasteiger partial charge in [0, 0.05) is 17.2 Å². The SMILES string of the molecule is CCOC(=O)CN(c1cccc(Cl)c1C)S(=O)(=O)c1cccc([N+](=O)[O-])c1. The first-order chi connectivity index (χ1) is 12.7. The molecule has 27 heavy (non-hydrogen) atoms. The largest absolute Gasteiger partial charge is 0.465 e. The maximum atomic E-state index is 13.2. The lowest BCUT2D eigenvalue weighted by Gasteiger charge is -2.25. The molecule has 0 saturated carbocycles. The van der Waals surface area contributed by atoms with Gasteiger partial charge in [0.15, 0.2) is 0 Å². The van der Waals surface area contributed by atoms with Crippen LogP contribution >= 0.6 is 11.6 Å². The van der Waals surface area contributed by atoms with Crippen molar-refractivity contribution in [1.29, 1.82) is 0 Å². The number of nitro benzene ring substituents is 1. The van der Waals surface area contributed by atoms with Gasteiger partial charge in [-0.05, 0) is 37.6 Å². The summed E-state index contributed by atoms with van der Waals surface area (Å²) in [6, 6.07) is 9.23. The highest BCUT2D eigenvalue weighted by molar-refractivity contribution is 7.92. The summed E-state index contributed by atoms with van der Waals surface area (Å²) in [6.07, 6.45) is 0. The summed E-state index contributed by atoms with van der Waals surface area (Å²) in [7, 11) is -4.29. The number of nitro groups is 1. The number of carbonyl (C=O) groups is 1. The molecule has 0 saturated heterocycles. The summed E-state index contributed by atoms with van der Waals surface area (Å²) in [5.41, 5.74) is 0.245. The maximum absolute atomic E-state index is 13.2. The number of non-ortho nitro benzene ring substituents is 1. The quantitative estimate of drug-likeness (QED) is 0.392. The van der Waals surface area contributed by atoms with Crippen LogP contribution in [0.4, 0.5) is 11.4 Å². The van der Waals surface area contributed by atoms with E-state index in [1.807, 2.05) is 0 Å². The second-order valence-electron chi connectivity index (χ2n) is 5.46. The molecule has 8 nitrogen and oxygen atoms in total. The Morgan fingerprint density at radius 1 is 1.26 bits per heavy atom. The fourth-order valence-corrected chi connectivity index (χ4v) is 4.05. The Hall–Kier alpha value is -2.65. The fourth-order valence-electron chi connectivity index (χ4n) is 2.37. The summed E-state index contributed by atoms with van der Waals surface area (Å²) >= 11 is 6.09. The Labute approximate surface area is 161 Å². The zero-order valence-corrected chi connectivity index (χ0v) is 16.2. The smallest absolute Gasteiger partial charge is 0.326 e. The third-order valence-corrected chi connectivity index (χ3v) is 5.87. The first kappa shape index (κ1) is 20.7. The first-order valence-corrected chi connectivity index (χ1v) is 9.68. The van der Waals surface area contributed by atoms with Crippen LogP contribution in [0.5, 0.6) is 0 Å². The van der Waals surface area contributed by atoms with Crippen LogP contribution in [0.25, 0.3) is 0 Å². The zero-order valence-electron chi connectivity index (χ0n) is 14.6. The van der Waals surface area contributed by atoms with Gasteiger partial charge in [-0.15, -0.1) is 0 Å². The molecular weight excluding hydrogens is 396 g/mol. The average Bonchev–Trinajstić information content (AvgIpc) is 2.62. The van der Waals surface area contributed by atoms with Crippen LogP contribution in [0.2, 0.25) is 5.02 Å². The lowest BCUT2D eigenvalue weighted by atomic mass is 10.2. The van der Waals surface area contributed by atoms with Crippen LogP contribution in [0.1, 0.15) is 12.5 Å². The predicted octanol–water partition coefficient (Wildman–Crippen LogP) is 3.32. The maximum Gasteiger partial charge on any atom is 0.326 e. The van der Waals surface area contributed by atoms with Crippen molar-refractivity contribution in [2.75, 3.05) is 17.5 Å². The highest BCUT2D eigenvalue weighted by Crippen LogP contribution is 2.31. The lowest BCUT2D eigenvalue weighted by molar-refractivity contribution is -0.385. The monoisotopic (exact) mass is 412 g/mol. The van der Waals surface area contributed by atoms with Crippen LogP contribution in [0.3, 0.4) is 0 Å². The topological polar surface area (TPSA) is 107 Å². The van der Waals surface area contributed by atoms with E-state index in [9.17, 15) is 23.3 Å². The van der Waals surface area contributed by atoms with Crippen molar-refractivity contribution in [3.8, 4) is 0 Å². The molecule has 0 aliphatic rings. The van der Waals surface area contributed by atoms with Crippen LogP contribution in [0, 0.1) is 17.0 Å². The van der Waals surface area contributed by atoms with Gasteiger partial charge in [-0.2, -0.15) is 0 Å². The molecule has 144 valence electrons. The number of benzene rings is 2. The molecule has 0 N–H and O–H groups in total. The molecular formula is C17H17ClN2O6S. The zero-order chi connectivity index (χ0) is 20.2. The normalized spacial score (nSPS) is 11.1. The molecule has 2 rings (SSSR count). The molecule has 2 aromatic rings. The van der Waals surface area contributed by atoms with Gasteiger partial charge in [0.25, 0.3) is 15.7 Å². The molecule has 0 bridgehead atoms. The number of sulfonamides is 1. The van der Waals surface area contributed by atoms with Crippen LogP contribution < -0.4 is 4.31 Å². The number of rotatable bonds is 7. The number of hydrogen-bond donors (Lipinski definition) is 0. The van der Waals surface area contributed by atoms with E-state index < -0.39 is 27.5 Å². The Morgan fingerprint density at radius 3 is 2.56 bits per heavy atom. The highest BCUT2D eigenvalue weighted by Gasteiger charge is 2.30. The van der Waals surface area contributed by atoms with E-state index >= 15 is 0 Å². The van der Waals surface area contributed by atoms with Gasteiger partial charge in [0.1, 0.15) is 6.54 Å². The molecule has 0 aliphatic carbocycles. The summed E-state index contributed by atoms with van der Waals surface area (Å²) in [5, 5.41) is 11.3. The van der Waals surface area contributed by atoms with Gasteiger partial charge >= 0.3 is 5.97 Å². The minimum Gasteiger partial charge on any atom is -0.465 e. The van der Waals surface area contributed by atoms with Crippen molar-refractivity contribution in [2.24, 2.45) is 0 Å². The van der Waals surface area contributed by atoms with Gasteiger partial charge in [-0.25, -0.2) is 8.42 Å². The Morgan fingerprint density at radius 2 is 1.93 bits per heavy atom. The Balaban J connectivity index is 2.61. The third kappa shape index (κ3) is 4.55. The van der Waals surface area contributed by atoms with Crippen LogP contribution in [-0.4, -0.2) is 32.5 Å². The molecule has 0 heterocycles. The van der Waals surface area contributed by atoms with Crippen LogP contribution in [-0.2, 0) is 19.6 Å². The molecule has 0 radical (unpaired) electrons. The van der Waals surface area contributed by atoms with Crippen molar-refractivity contribution in [2.45, 2.75) is 18.7 Å². The van der Waals surface area contributed by atoms with E-state index in [4.69, 9.17) is 16.3 Å². The molecule has 0 atom stereocenters. The number of nitrogens with zero attached hydrogens (tertiary/aromatic N) is 2. The minimum atomic E-state index is -4.29. The molecule has 0 aromatic heterocycles. The van der Waals surface area contributed by atoms with Gasteiger partial charge in [0.05, 0.1) is 22.1 Å². The van der Waals surface area contributed by atoms with E-state index in [0.717, 1.165) is 10.4 Å². The molecule has 0 spiro atoms. The number of esters is 1. The second kappa shape index (κ2) is 8.36. The van der Waals surface area contributed by atoms with Gasteiger partial charge in [-0.1, -0.05) is 23.7 Å². The Kier molecular flexibility index (Phi) is 6.40. The molecule has 0 aliphatic heterocycles. The van der Waals surface area contributed by atoms with Gasteiger partial charge in [0.2, 0.25) is 0 Å². The number of halogens is 1. The number of ether oxygens (including phenoxy) is 1. The van der Waals surface area contributed by atoms with E-state index in [-0.39, 0.29) is 22.9 Å². The van der Waals surface area contributed by atoms with E-state index in [1.54, 1.807) is 26.0 Å². The number of hydrogen-bond acceptors (Lipinski definition) is 6. The second-order valence-corrected chi connectivity index (χ2v) is 7.72. The van der Waals surface area contributed by atoms with E-state index in [2.05, 4.69) is 0 Å². The standard InChI is InChI=1S/C17H17ClN2O6S/c1-3-26-17(21)11-19(16-9-5-8-15(18)12(16)2)27(24,25)14-7-4-6-13(10-14)20(22)23/h4-10H,3,11H2,1-2H3. The average molecular weight is 413 g/mol. The molecule has 10 heteroatoms. The van der Waals surface area contributed by atoms with Crippen molar-refractivity contribution < 1.29 is 22.9 Å². The molecule has 0 fully saturated rings. The van der Waals surface area contributed by atoms with E-state index in [1.165, 1.54) is 24.3 Å². The van der Waals surface area contributed by atoms with Crippen LogP contribution in [0.15, 0.2) is 47.4 Å². The number of anilines is 1. The van der Waals surface area contributed by atoms with E-state index in [0.29, 0.717) is 10.6 Å². The van der Waals surface area contributed by atoms with Crippen molar-refractivity contribution in [1.82, 2.24) is 0 Å². The first-order valence-electron chi connectivity index (χ1n) is 7.86. The van der Waals surface area contributed by atoms with Gasteiger partial charge in [-0.3, -0.25) is 19.2 Å². The van der Waals surface area contributed by atoms with Crippen molar-refractivity contribution in [3.05, 3.63) is 63.2 Å².